The molecule has 0 fully saturated rings. The van der Waals surface area contributed by atoms with Crippen molar-refractivity contribution in [3.63, 3.8) is 0 Å². The molecule has 4 rings (SSSR count). The number of ether oxygens (including phenoxy) is 2. The van der Waals surface area contributed by atoms with Crippen molar-refractivity contribution in [3.05, 3.63) is 34.1 Å². The fraction of sp³-hybridized carbons (Fsp3) is 0.200. The van der Waals surface area contributed by atoms with Gasteiger partial charge in [-0.15, -0.1) is 22.7 Å². The molecule has 2 aromatic heterocycles. The number of hydrogen-bond donors (Lipinski definition) is 0. The molecule has 0 aliphatic carbocycles. The summed E-state index contributed by atoms with van der Waals surface area (Å²) in [4.78, 5) is 77.4. The second-order valence-corrected chi connectivity index (χ2v) is 8.41. The summed E-state index contributed by atoms with van der Waals surface area (Å²) in [5, 5.41) is 3.32. The van der Waals surface area contributed by atoms with E-state index in [-0.39, 0.29) is 41.5 Å². The molecule has 15 heteroatoms. The predicted molar refractivity (Wildman–Crippen MR) is 119 cm³/mol. The van der Waals surface area contributed by atoms with Crippen LogP contribution in [0, 0.1) is 0 Å². The van der Waals surface area contributed by atoms with Crippen LogP contribution >= 0.6 is 22.7 Å². The van der Waals surface area contributed by atoms with Gasteiger partial charge in [-0.05, 0) is 13.8 Å². The van der Waals surface area contributed by atoms with Gasteiger partial charge in [-0.3, -0.25) is 28.8 Å². The van der Waals surface area contributed by atoms with Gasteiger partial charge in [-0.1, -0.05) is 0 Å². The molecule has 4 heterocycles. The van der Waals surface area contributed by atoms with E-state index in [4.69, 9.17) is 9.47 Å². The summed E-state index contributed by atoms with van der Waals surface area (Å²) >= 11 is 2.12. The number of carbonyl (C=O) groups excluding carboxylic acids is 6. The molecule has 0 atom stereocenters. The molecule has 0 N–H and O–H groups in total. The van der Waals surface area contributed by atoms with Crippen molar-refractivity contribution in [2.45, 2.75) is 27.7 Å². The fourth-order valence-electron chi connectivity index (χ4n) is 2.63. The predicted octanol–water partition coefficient (Wildman–Crippen LogP) is 1.77. The Labute approximate surface area is 219 Å². The maximum Gasteiger partial charge on any atom is 0.309 e. The summed E-state index contributed by atoms with van der Waals surface area (Å²) in [7, 11) is 0. The van der Waals surface area contributed by atoms with E-state index in [1.54, 1.807) is 13.8 Å². The molecule has 0 bridgehead atoms. The van der Waals surface area contributed by atoms with Crippen LogP contribution in [-0.4, -0.2) is 45.5 Å². The van der Waals surface area contributed by atoms with Crippen molar-refractivity contribution < 1.29 is 57.7 Å². The summed E-state index contributed by atoms with van der Waals surface area (Å²) < 4.78 is 9.49. The maximum atomic E-state index is 11.6. The van der Waals surface area contributed by atoms with E-state index in [0.717, 1.165) is 32.5 Å². The minimum Gasteiger partial charge on any atom is -0.407 e. The number of anilines is 2. The fourth-order valence-corrected chi connectivity index (χ4v) is 4.09. The molecule has 0 spiro atoms. The van der Waals surface area contributed by atoms with Crippen LogP contribution in [0.5, 0.6) is 11.8 Å². The zero-order valence-electron chi connectivity index (χ0n) is 18.9. The Hall–Kier alpha value is -3.42. The first kappa shape index (κ1) is 27.8. The zero-order chi connectivity index (χ0) is 25.2. The van der Waals surface area contributed by atoms with Crippen LogP contribution in [0.15, 0.2) is 34.1 Å². The van der Waals surface area contributed by atoms with E-state index in [1.807, 2.05) is 0 Å². The molecule has 0 unspecified atom stereocenters. The second-order valence-electron chi connectivity index (χ2n) is 6.74. The summed E-state index contributed by atoms with van der Waals surface area (Å²) in [5.74, 6) is -2.51. The van der Waals surface area contributed by atoms with Gasteiger partial charge in [0.2, 0.25) is 22.0 Å². The van der Waals surface area contributed by atoms with Gasteiger partial charge >= 0.3 is 11.9 Å². The van der Waals surface area contributed by atoms with Crippen molar-refractivity contribution in [2.75, 3.05) is 9.80 Å². The average molecular weight is 570 g/mol. The molecule has 2 aromatic rings. The van der Waals surface area contributed by atoms with Crippen LogP contribution in [-0.2, 0) is 48.2 Å². The normalized spacial score (nSPS) is 14.7. The monoisotopic (exact) mass is 568 g/mol. The van der Waals surface area contributed by atoms with Gasteiger partial charge < -0.3 is 9.47 Å². The van der Waals surface area contributed by atoms with Gasteiger partial charge in [0.05, 0.1) is 10.8 Å². The van der Waals surface area contributed by atoms with Gasteiger partial charge in [-0.25, -0.2) is 9.80 Å². The van der Waals surface area contributed by atoms with Crippen LogP contribution in [0.25, 0.3) is 0 Å². The molecule has 2 aliphatic rings. The quantitative estimate of drug-likeness (QED) is 0.302. The Morgan fingerprint density at radius 3 is 1.34 bits per heavy atom. The van der Waals surface area contributed by atoms with Gasteiger partial charge in [0.15, 0.2) is 0 Å². The number of thiazole rings is 2. The van der Waals surface area contributed by atoms with Gasteiger partial charge in [-0.2, -0.15) is 9.97 Å². The first-order valence-electron chi connectivity index (χ1n) is 9.39. The van der Waals surface area contributed by atoms with Crippen LogP contribution in [0.1, 0.15) is 27.7 Å². The smallest absolute Gasteiger partial charge is 0.309 e. The number of imide groups is 2. The van der Waals surface area contributed by atoms with E-state index < -0.39 is 35.6 Å². The number of nitrogens with zero attached hydrogens (tertiary/aromatic N) is 4. The number of hydrogen-bond acceptors (Lipinski definition) is 12. The zero-order valence-corrected chi connectivity index (χ0v) is 23.5. The van der Waals surface area contributed by atoms with Crippen molar-refractivity contribution in [2.24, 2.45) is 0 Å². The number of rotatable bonds is 4. The van der Waals surface area contributed by atoms with Crippen LogP contribution in [0.3, 0.4) is 0 Å². The van der Waals surface area contributed by atoms with Crippen molar-refractivity contribution in [1.82, 2.24) is 9.97 Å². The molecule has 12 nitrogen and oxygen atoms in total. The first-order valence-corrected chi connectivity index (χ1v) is 11.1. The average Bonchev–Trinajstić information content (AvgIpc) is 3.46. The molecule has 0 aromatic carbocycles. The number of carbonyl (C=O) groups is 6. The van der Waals surface area contributed by atoms with Crippen molar-refractivity contribution >= 4 is 68.5 Å². The Kier molecular flexibility index (Phi) is 9.02. The molecule has 0 saturated carbocycles. The Morgan fingerprint density at radius 2 is 1.09 bits per heavy atom. The largest absolute Gasteiger partial charge is 0.407 e. The minimum absolute atomic E-state index is 0. The van der Waals surface area contributed by atoms with Crippen molar-refractivity contribution in [3.8, 4) is 11.8 Å². The Bertz CT molecular complexity index is 1200. The van der Waals surface area contributed by atoms with Gasteiger partial charge in [0.1, 0.15) is 0 Å². The first-order chi connectivity index (χ1) is 16.0. The molecule has 0 radical (unpaired) electrons. The molecular weight excluding hydrogens is 554 g/mol. The third-order valence-electron chi connectivity index (χ3n) is 4.02. The standard InChI is InChI=1S/2C10H8N2O4S.Zn/c2*1-5-3-8(14)12(9(5)15)10-11-7(4-17-10)16-6(2)13;/h2*3-4H,1-2H3;. The van der Waals surface area contributed by atoms with Crippen LogP contribution in [0.4, 0.5) is 10.3 Å². The Morgan fingerprint density at radius 1 is 0.743 bits per heavy atom. The summed E-state index contributed by atoms with van der Waals surface area (Å²) in [6.07, 6.45) is 2.49. The minimum atomic E-state index is -0.504. The van der Waals surface area contributed by atoms with E-state index in [1.165, 1.54) is 36.8 Å². The number of amides is 4. The number of aromatic nitrogens is 2. The summed E-state index contributed by atoms with van der Waals surface area (Å²) in [5.41, 5.74) is 0.721. The van der Waals surface area contributed by atoms with E-state index in [9.17, 15) is 28.8 Å². The SMILES string of the molecule is CC(=O)Oc1csc(N2C(=O)C=C(C)C2=O)n1.CC(=O)Oc1csc(N2C(=O)C=C(C)C2=O)n1.[Zn]. The summed E-state index contributed by atoms with van der Waals surface area (Å²) in [6, 6.07) is 0. The topological polar surface area (TPSA) is 153 Å². The van der Waals surface area contributed by atoms with E-state index >= 15 is 0 Å². The second kappa shape index (κ2) is 11.3. The third-order valence-corrected chi connectivity index (χ3v) is 5.63. The van der Waals surface area contributed by atoms with E-state index in [0.29, 0.717) is 11.1 Å². The third kappa shape index (κ3) is 6.38. The van der Waals surface area contributed by atoms with Gasteiger partial charge in [0.25, 0.3) is 23.6 Å². The maximum absolute atomic E-state index is 11.6. The molecule has 0 saturated heterocycles. The van der Waals surface area contributed by atoms with E-state index in [2.05, 4.69) is 9.97 Å². The molecule has 178 valence electrons. The van der Waals surface area contributed by atoms with Crippen LogP contribution < -0.4 is 19.3 Å². The molecular formula is C20H16N4O8S2Zn. The number of esters is 2. The molecule has 35 heavy (non-hydrogen) atoms. The molecule has 2 aliphatic heterocycles. The molecule has 4 amide bonds. The Balaban J connectivity index is 0.000000240. The summed E-state index contributed by atoms with van der Waals surface area (Å²) in [6.45, 7) is 5.61. The van der Waals surface area contributed by atoms with Gasteiger partial charge in [0, 0.05) is 56.6 Å². The van der Waals surface area contributed by atoms with Crippen LogP contribution in [0.2, 0.25) is 0 Å². The van der Waals surface area contributed by atoms with Crippen molar-refractivity contribution in [1.29, 1.82) is 0 Å².